The lowest BCUT2D eigenvalue weighted by atomic mass is 10.1. The Morgan fingerprint density at radius 3 is 2.94 bits per heavy atom. The van der Waals surface area contributed by atoms with Gasteiger partial charge in [0.25, 0.3) is 0 Å². The molecule has 0 amide bonds. The summed E-state index contributed by atoms with van der Waals surface area (Å²) in [6.07, 6.45) is 6.63. The fourth-order valence-corrected chi connectivity index (χ4v) is 1.58. The molecule has 3 heterocycles. The minimum atomic E-state index is 0.154. The third-order valence-electron chi connectivity index (χ3n) is 2.35. The van der Waals surface area contributed by atoms with E-state index in [-0.39, 0.29) is 5.75 Å². The van der Waals surface area contributed by atoms with Crippen LogP contribution in [0.2, 0.25) is 0 Å². The van der Waals surface area contributed by atoms with E-state index in [0.717, 1.165) is 16.8 Å². The fourth-order valence-electron chi connectivity index (χ4n) is 1.58. The first-order valence-electron chi connectivity index (χ1n) is 4.77. The van der Waals surface area contributed by atoms with E-state index in [0.29, 0.717) is 0 Å². The molecule has 16 heavy (non-hydrogen) atoms. The number of pyridine rings is 2. The molecule has 0 aliphatic rings. The van der Waals surface area contributed by atoms with E-state index >= 15 is 0 Å². The van der Waals surface area contributed by atoms with E-state index in [1.165, 1.54) is 6.20 Å². The maximum atomic E-state index is 9.35. The smallest absolute Gasteiger partial charge is 0.160 e. The van der Waals surface area contributed by atoms with Crippen molar-refractivity contribution in [3.8, 4) is 16.9 Å². The molecular formula is C11H8N4O. The van der Waals surface area contributed by atoms with Gasteiger partial charge in [0, 0.05) is 23.5 Å². The second-order valence-electron chi connectivity index (χ2n) is 3.45. The van der Waals surface area contributed by atoms with Crippen molar-refractivity contribution in [1.82, 2.24) is 19.6 Å². The van der Waals surface area contributed by atoms with Gasteiger partial charge in [-0.1, -0.05) is 0 Å². The summed E-state index contributed by atoms with van der Waals surface area (Å²) in [7, 11) is 0. The molecule has 0 saturated carbocycles. The molecule has 78 valence electrons. The van der Waals surface area contributed by atoms with Crippen LogP contribution in [0.25, 0.3) is 16.8 Å². The van der Waals surface area contributed by atoms with Gasteiger partial charge in [0.15, 0.2) is 5.65 Å². The van der Waals surface area contributed by atoms with E-state index in [1.807, 2.05) is 22.7 Å². The largest absolute Gasteiger partial charge is 0.506 e. The fraction of sp³-hybridized carbons (Fsp3) is 0. The third kappa shape index (κ3) is 1.38. The SMILES string of the molecule is Oc1cncc(-c2ccc3nncn3c2)c1. The van der Waals surface area contributed by atoms with Gasteiger partial charge in [0.05, 0.1) is 6.20 Å². The van der Waals surface area contributed by atoms with Crippen molar-refractivity contribution in [2.24, 2.45) is 0 Å². The quantitative estimate of drug-likeness (QED) is 0.663. The number of fused-ring (bicyclic) bond motifs is 1. The minimum Gasteiger partial charge on any atom is -0.506 e. The van der Waals surface area contributed by atoms with E-state index in [4.69, 9.17) is 0 Å². The number of aromatic nitrogens is 4. The second kappa shape index (κ2) is 3.30. The minimum absolute atomic E-state index is 0.154. The van der Waals surface area contributed by atoms with Gasteiger partial charge in [-0.05, 0) is 18.2 Å². The summed E-state index contributed by atoms with van der Waals surface area (Å²) < 4.78 is 1.82. The van der Waals surface area contributed by atoms with Gasteiger partial charge in [0.2, 0.25) is 0 Å². The Bertz CT molecular complexity index is 647. The number of rotatable bonds is 1. The number of hydrogen-bond acceptors (Lipinski definition) is 4. The van der Waals surface area contributed by atoms with Crippen molar-refractivity contribution in [3.63, 3.8) is 0 Å². The van der Waals surface area contributed by atoms with E-state index in [9.17, 15) is 5.11 Å². The molecule has 3 aromatic heterocycles. The normalized spacial score (nSPS) is 10.8. The molecule has 3 rings (SSSR count). The molecule has 0 aliphatic carbocycles. The Labute approximate surface area is 91.0 Å². The van der Waals surface area contributed by atoms with Crippen molar-refractivity contribution >= 4 is 5.65 Å². The lowest BCUT2D eigenvalue weighted by molar-refractivity contribution is 0.473. The molecule has 0 aliphatic heterocycles. The van der Waals surface area contributed by atoms with Crippen LogP contribution in [0.5, 0.6) is 5.75 Å². The van der Waals surface area contributed by atoms with Gasteiger partial charge in [-0.25, -0.2) is 0 Å². The molecule has 0 spiro atoms. The van der Waals surface area contributed by atoms with E-state index in [1.54, 1.807) is 18.6 Å². The zero-order chi connectivity index (χ0) is 11.0. The molecule has 0 bridgehead atoms. The van der Waals surface area contributed by atoms with Gasteiger partial charge in [-0.2, -0.15) is 0 Å². The lowest BCUT2D eigenvalue weighted by Gasteiger charge is -2.02. The monoisotopic (exact) mass is 212 g/mol. The standard InChI is InChI=1S/C11H8N4O/c16-10-3-9(4-12-5-10)8-1-2-11-14-13-7-15(11)6-8/h1-7,16H. The molecule has 5 nitrogen and oxygen atoms in total. The van der Waals surface area contributed by atoms with Crippen LogP contribution in [-0.2, 0) is 0 Å². The van der Waals surface area contributed by atoms with Gasteiger partial charge >= 0.3 is 0 Å². The highest BCUT2D eigenvalue weighted by molar-refractivity contribution is 5.64. The molecule has 1 N–H and O–H groups in total. The van der Waals surface area contributed by atoms with E-state index in [2.05, 4.69) is 15.2 Å². The van der Waals surface area contributed by atoms with Crippen LogP contribution in [0, 0.1) is 0 Å². The first kappa shape index (κ1) is 8.84. The van der Waals surface area contributed by atoms with Crippen LogP contribution in [0.1, 0.15) is 0 Å². The Kier molecular flexibility index (Phi) is 1.83. The Balaban J connectivity index is 2.18. The average molecular weight is 212 g/mol. The molecule has 0 radical (unpaired) electrons. The summed E-state index contributed by atoms with van der Waals surface area (Å²) >= 11 is 0. The zero-order valence-electron chi connectivity index (χ0n) is 8.28. The van der Waals surface area contributed by atoms with Crippen molar-refractivity contribution in [2.45, 2.75) is 0 Å². The summed E-state index contributed by atoms with van der Waals surface area (Å²) in [5, 5.41) is 17.1. The Hall–Kier alpha value is -2.43. The number of nitrogens with zero attached hydrogens (tertiary/aromatic N) is 4. The predicted octanol–water partition coefficient (Wildman–Crippen LogP) is 1.50. The maximum absolute atomic E-state index is 9.35. The van der Waals surface area contributed by atoms with Crippen LogP contribution < -0.4 is 0 Å². The summed E-state index contributed by atoms with van der Waals surface area (Å²) in [5.74, 6) is 0.154. The van der Waals surface area contributed by atoms with Crippen molar-refractivity contribution in [1.29, 1.82) is 0 Å². The van der Waals surface area contributed by atoms with Crippen molar-refractivity contribution in [3.05, 3.63) is 43.1 Å². The highest BCUT2D eigenvalue weighted by Crippen LogP contribution is 2.21. The highest BCUT2D eigenvalue weighted by atomic mass is 16.3. The van der Waals surface area contributed by atoms with E-state index < -0.39 is 0 Å². The molecule has 0 fully saturated rings. The molecular weight excluding hydrogens is 204 g/mol. The number of aromatic hydroxyl groups is 1. The molecule has 0 unspecified atom stereocenters. The van der Waals surface area contributed by atoms with Crippen LogP contribution in [0.4, 0.5) is 0 Å². The van der Waals surface area contributed by atoms with Gasteiger partial charge < -0.3 is 5.11 Å². The first-order valence-corrected chi connectivity index (χ1v) is 4.77. The van der Waals surface area contributed by atoms with Crippen molar-refractivity contribution < 1.29 is 5.11 Å². The van der Waals surface area contributed by atoms with Crippen LogP contribution in [0.3, 0.4) is 0 Å². The first-order chi connectivity index (χ1) is 7.83. The number of hydrogen-bond donors (Lipinski definition) is 1. The Morgan fingerprint density at radius 1 is 1.12 bits per heavy atom. The zero-order valence-corrected chi connectivity index (χ0v) is 8.28. The van der Waals surface area contributed by atoms with Crippen LogP contribution in [-0.4, -0.2) is 24.7 Å². The topological polar surface area (TPSA) is 63.3 Å². The molecule has 0 saturated heterocycles. The van der Waals surface area contributed by atoms with Gasteiger partial charge in [0.1, 0.15) is 12.1 Å². The average Bonchev–Trinajstić information content (AvgIpc) is 2.75. The predicted molar refractivity (Wildman–Crippen MR) is 57.9 cm³/mol. The maximum Gasteiger partial charge on any atom is 0.160 e. The summed E-state index contributed by atoms with van der Waals surface area (Å²) in [4.78, 5) is 3.94. The molecule has 0 atom stereocenters. The van der Waals surface area contributed by atoms with Crippen molar-refractivity contribution in [2.75, 3.05) is 0 Å². The molecule has 0 aromatic carbocycles. The van der Waals surface area contributed by atoms with Gasteiger partial charge in [-0.3, -0.25) is 9.38 Å². The second-order valence-corrected chi connectivity index (χ2v) is 3.45. The van der Waals surface area contributed by atoms with Gasteiger partial charge in [-0.15, -0.1) is 10.2 Å². The summed E-state index contributed by atoms with van der Waals surface area (Å²) in [5.41, 5.74) is 2.60. The highest BCUT2D eigenvalue weighted by Gasteiger charge is 2.01. The summed E-state index contributed by atoms with van der Waals surface area (Å²) in [6, 6.07) is 5.45. The van der Waals surface area contributed by atoms with Crippen LogP contribution >= 0.6 is 0 Å². The Morgan fingerprint density at radius 2 is 2.06 bits per heavy atom. The molecule has 5 heteroatoms. The van der Waals surface area contributed by atoms with Crippen LogP contribution in [0.15, 0.2) is 43.1 Å². The lowest BCUT2D eigenvalue weighted by Crippen LogP contribution is -1.86. The third-order valence-corrected chi connectivity index (χ3v) is 2.35. The summed E-state index contributed by atoms with van der Waals surface area (Å²) in [6.45, 7) is 0. The molecule has 3 aromatic rings.